The van der Waals surface area contributed by atoms with E-state index in [0.29, 0.717) is 29.0 Å². The highest BCUT2D eigenvalue weighted by Gasteiger charge is 2.36. The Bertz CT molecular complexity index is 1430. The number of likely N-dealkylation sites (tertiary alicyclic amines) is 1. The number of anilines is 2. The normalized spacial score (nSPS) is 20.0. The molecule has 2 aromatic heterocycles. The second-order valence-corrected chi connectivity index (χ2v) is 10.2. The fraction of sp³-hybridized carbons (Fsp3) is 0.370. The van der Waals surface area contributed by atoms with Crippen LogP contribution in [0.5, 0.6) is 0 Å². The summed E-state index contributed by atoms with van der Waals surface area (Å²) in [5.41, 5.74) is 7.92. The van der Waals surface area contributed by atoms with Crippen molar-refractivity contribution in [3.63, 3.8) is 0 Å². The lowest BCUT2D eigenvalue weighted by Gasteiger charge is -2.41. The Labute approximate surface area is 209 Å². The van der Waals surface area contributed by atoms with E-state index in [1.54, 1.807) is 0 Å². The number of aromatic amines is 1. The summed E-state index contributed by atoms with van der Waals surface area (Å²) in [7, 11) is 0. The Balaban J connectivity index is 1.11. The van der Waals surface area contributed by atoms with E-state index in [4.69, 9.17) is 4.98 Å². The van der Waals surface area contributed by atoms with E-state index in [1.165, 1.54) is 16.7 Å². The maximum atomic E-state index is 13.2. The molecule has 9 heteroatoms. The summed E-state index contributed by atoms with van der Waals surface area (Å²) in [5, 5.41) is 14.1. The summed E-state index contributed by atoms with van der Waals surface area (Å²) >= 11 is 0. The summed E-state index contributed by atoms with van der Waals surface area (Å²) in [6.07, 6.45) is 2.89. The Kier molecular flexibility index (Phi) is 5.64. The molecule has 4 heterocycles. The van der Waals surface area contributed by atoms with E-state index in [0.717, 1.165) is 49.5 Å². The summed E-state index contributed by atoms with van der Waals surface area (Å²) in [4.78, 5) is 27.1. The first-order valence-electron chi connectivity index (χ1n) is 12.5. The standard InChI is InChI=1S/C27H30N8O/c1-16-8-17(2)10-21(9-16)29-27-28-12-20-14-35(15-24(20)30-27)25-6-7-34(13-18(25)3)26(36)19-4-5-22-23(11-19)32-33-31-22/h4-5,8-12,18,25H,6-7,13-15H2,1-3H3,(H,28,29,30)(H,31,32,33)/t18-,25+/m1/s1. The molecule has 9 nitrogen and oxygen atoms in total. The zero-order valence-electron chi connectivity index (χ0n) is 20.8. The lowest BCUT2D eigenvalue weighted by molar-refractivity contribution is 0.0445. The van der Waals surface area contributed by atoms with Gasteiger partial charge >= 0.3 is 0 Å². The maximum Gasteiger partial charge on any atom is 0.253 e. The first-order valence-corrected chi connectivity index (χ1v) is 12.5. The molecule has 1 fully saturated rings. The van der Waals surface area contributed by atoms with E-state index >= 15 is 0 Å². The van der Waals surface area contributed by atoms with Gasteiger partial charge in [0.15, 0.2) is 0 Å². The number of aromatic nitrogens is 5. The van der Waals surface area contributed by atoms with Gasteiger partial charge in [-0.2, -0.15) is 0 Å². The molecule has 36 heavy (non-hydrogen) atoms. The minimum absolute atomic E-state index is 0.0582. The first kappa shape index (κ1) is 22.6. The smallest absolute Gasteiger partial charge is 0.253 e. The molecule has 0 radical (unpaired) electrons. The van der Waals surface area contributed by atoms with Gasteiger partial charge in [-0.1, -0.05) is 18.2 Å². The molecular weight excluding hydrogens is 452 g/mol. The van der Waals surface area contributed by atoms with E-state index in [1.807, 2.05) is 29.3 Å². The van der Waals surface area contributed by atoms with Gasteiger partial charge in [0.25, 0.3) is 5.91 Å². The number of hydrogen-bond acceptors (Lipinski definition) is 7. The van der Waals surface area contributed by atoms with Crippen molar-refractivity contribution in [2.75, 3.05) is 18.4 Å². The van der Waals surface area contributed by atoms with Crippen molar-refractivity contribution in [2.24, 2.45) is 5.92 Å². The highest BCUT2D eigenvalue weighted by molar-refractivity contribution is 5.97. The van der Waals surface area contributed by atoms with Gasteiger partial charge in [-0.3, -0.25) is 14.8 Å². The fourth-order valence-corrected chi connectivity index (χ4v) is 5.67. The monoisotopic (exact) mass is 482 g/mol. The average Bonchev–Trinajstić information content (AvgIpc) is 3.49. The van der Waals surface area contributed by atoms with E-state index in [2.05, 4.69) is 69.6 Å². The maximum absolute atomic E-state index is 13.2. The molecule has 184 valence electrons. The van der Waals surface area contributed by atoms with E-state index in [-0.39, 0.29) is 5.91 Å². The van der Waals surface area contributed by atoms with Crippen LogP contribution in [0, 0.1) is 19.8 Å². The van der Waals surface area contributed by atoms with Crippen LogP contribution < -0.4 is 5.32 Å². The second-order valence-electron chi connectivity index (χ2n) is 10.2. The number of nitrogens with one attached hydrogen (secondary N) is 2. The molecule has 1 amide bonds. The summed E-state index contributed by atoms with van der Waals surface area (Å²) < 4.78 is 0. The van der Waals surface area contributed by atoms with Crippen LogP contribution in [0.15, 0.2) is 42.6 Å². The van der Waals surface area contributed by atoms with Crippen molar-refractivity contribution in [3.8, 4) is 0 Å². The predicted octanol–water partition coefficient (Wildman–Crippen LogP) is 3.97. The number of hydrogen-bond donors (Lipinski definition) is 2. The van der Waals surface area contributed by atoms with Gasteiger partial charge < -0.3 is 10.2 Å². The van der Waals surface area contributed by atoms with Crippen LogP contribution >= 0.6 is 0 Å². The first-order chi connectivity index (χ1) is 17.4. The number of aryl methyl sites for hydroxylation is 2. The molecule has 0 saturated carbocycles. The van der Waals surface area contributed by atoms with Gasteiger partial charge in [0.2, 0.25) is 5.95 Å². The molecular formula is C27H30N8O. The number of piperidine rings is 1. The molecule has 0 bridgehead atoms. The summed E-state index contributed by atoms with van der Waals surface area (Å²) in [5.74, 6) is 1.05. The minimum atomic E-state index is 0.0582. The second kappa shape index (κ2) is 8.98. The van der Waals surface area contributed by atoms with Crippen LogP contribution in [0.1, 0.15) is 46.1 Å². The van der Waals surface area contributed by atoms with Crippen molar-refractivity contribution in [1.82, 2.24) is 35.2 Å². The van der Waals surface area contributed by atoms with Crippen LogP contribution in [0.2, 0.25) is 0 Å². The van der Waals surface area contributed by atoms with Crippen molar-refractivity contribution < 1.29 is 4.79 Å². The van der Waals surface area contributed by atoms with Crippen LogP contribution in [-0.4, -0.2) is 60.2 Å². The third-order valence-electron chi connectivity index (χ3n) is 7.35. The van der Waals surface area contributed by atoms with Crippen molar-refractivity contribution in [1.29, 1.82) is 0 Å². The number of carbonyl (C=O) groups excluding carboxylic acids is 1. The third-order valence-corrected chi connectivity index (χ3v) is 7.35. The molecule has 0 unspecified atom stereocenters. The molecule has 2 aliphatic heterocycles. The lowest BCUT2D eigenvalue weighted by Crippen LogP contribution is -2.50. The topological polar surface area (TPSA) is 103 Å². The Hall–Kier alpha value is -3.85. The van der Waals surface area contributed by atoms with Crippen LogP contribution in [0.4, 0.5) is 11.6 Å². The number of rotatable bonds is 4. The molecule has 0 spiro atoms. The minimum Gasteiger partial charge on any atom is -0.338 e. The highest BCUT2D eigenvalue weighted by atomic mass is 16.2. The highest BCUT2D eigenvalue weighted by Crippen LogP contribution is 2.31. The van der Waals surface area contributed by atoms with E-state index < -0.39 is 0 Å². The fourth-order valence-electron chi connectivity index (χ4n) is 5.67. The summed E-state index contributed by atoms with van der Waals surface area (Å²) in [6.45, 7) is 9.56. The molecule has 4 aromatic rings. The molecule has 2 N–H and O–H groups in total. The number of amides is 1. The van der Waals surface area contributed by atoms with Gasteiger partial charge in [-0.15, -0.1) is 5.10 Å². The summed E-state index contributed by atoms with van der Waals surface area (Å²) in [6, 6.07) is 12.3. The zero-order chi connectivity index (χ0) is 24.8. The molecule has 2 aromatic carbocycles. The Morgan fingerprint density at radius 2 is 1.94 bits per heavy atom. The number of H-pyrrole nitrogens is 1. The molecule has 6 rings (SSSR count). The molecule has 0 aliphatic carbocycles. The van der Waals surface area contributed by atoms with Crippen LogP contribution in [-0.2, 0) is 13.1 Å². The van der Waals surface area contributed by atoms with Gasteiger partial charge in [-0.25, -0.2) is 9.97 Å². The van der Waals surface area contributed by atoms with Crippen LogP contribution in [0.25, 0.3) is 11.0 Å². The molecule has 2 aliphatic rings. The van der Waals surface area contributed by atoms with Crippen molar-refractivity contribution in [2.45, 2.75) is 46.3 Å². The zero-order valence-corrected chi connectivity index (χ0v) is 20.8. The van der Waals surface area contributed by atoms with Gasteiger partial charge in [-0.05, 0) is 67.6 Å². The number of fused-ring (bicyclic) bond motifs is 2. The molecule has 2 atom stereocenters. The van der Waals surface area contributed by atoms with Crippen molar-refractivity contribution >= 4 is 28.6 Å². The quantitative estimate of drug-likeness (QED) is 0.454. The van der Waals surface area contributed by atoms with E-state index in [9.17, 15) is 4.79 Å². The van der Waals surface area contributed by atoms with Crippen LogP contribution in [0.3, 0.4) is 0 Å². The van der Waals surface area contributed by atoms with Gasteiger partial charge in [0.05, 0.1) is 11.2 Å². The molecule has 1 saturated heterocycles. The predicted molar refractivity (Wildman–Crippen MR) is 138 cm³/mol. The Morgan fingerprint density at radius 3 is 2.75 bits per heavy atom. The van der Waals surface area contributed by atoms with Gasteiger partial charge in [0, 0.05) is 55.2 Å². The number of benzene rings is 2. The van der Waals surface area contributed by atoms with Crippen molar-refractivity contribution in [3.05, 3.63) is 70.5 Å². The average molecular weight is 483 g/mol. The number of nitrogens with zero attached hydrogens (tertiary/aromatic N) is 6. The van der Waals surface area contributed by atoms with Gasteiger partial charge in [0.1, 0.15) is 5.52 Å². The number of carbonyl (C=O) groups is 1. The largest absolute Gasteiger partial charge is 0.338 e. The SMILES string of the molecule is Cc1cc(C)cc(Nc2ncc3c(n2)CN([C@H]2CCN(C(=O)c4ccc5[nH]nnc5c4)C[C@H]2C)C3)c1. The Morgan fingerprint density at radius 1 is 1.11 bits per heavy atom. The lowest BCUT2D eigenvalue weighted by atomic mass is 9.92. The third kappa shape index (κ3) is 4.30.